The van der Waals surface area contributed by atoms with Crippen molar-refractivity contribution in [2.75, 3.05) is 35.0 Å². The molecule has 2 aromatic carbocycles. The van der Waals surface area contributed by atoms with Gasteiger partial charge in [0.2, 0.25) is 0 Å². The first-order valence-corrected chi connectivity index (χ1v) is 10.8. The van der Waals surface area contributed by atoms with Gasteiger partial charge in [0.25, 0.3) is 0 Å². The fourth-order valence-electron chi connectivity index (χ4n) is 4.29. The molecule has 0 aliphatic carbocycles. The number of methoxy groups -OCH3 is 4. The average Bonchev–Trinajstić information content (AvgIpc) is 3.13. The highest BCUT2D eigenvalue weighted by Gasteiger charge is 2.62. The quantitative estimate of drug-likeness (QED) is 0.548. The van der Waals surface area contributed by atoms with Crippen LogP contribution in [0.1, 0.15) is 37.2 Å². The average molecular weight is 475 g/mol. The van der Waals surface area contributed by atoms with Crippen molar-refractivity contribution in [1.82, 2.24) is 0 Å². The fourth-order valence-corrected chi connectivity index (χ4v) is 4.29. The maximum Gasteiger partial charge on any atom is 0.316 e. The van der Waals surface area contributed by atoms with Gasteiger partial charge in [-0.25, -0.2) is 0 Å². The molecule has 0 spiro atoms. The lowest BCUT2D eigenvalue weighted by atomic mass is 9.69. The predicted octanol–water partition coefficient (Wildman–Crippen LogP) is 3.24. The van der Waals surface area contributed by atoms with Crippen molar-refractivity contribution in [3.8, 4) is 23.0 Å². The van der Waals surface area contributed by atoms with Crippen molar-refractivity contribution in [2.24, 2.45) is 11.3 Å². The van der Waals surface area contributed by atoms with Crippen LogP contribution in [0.15, 0.2) is 36.4 Å². The van der Waals surface area contributed by atoms with Gasteiger partial charge in [-0.15, -0.1) is 0 Å². The van der Waals surface area contributed by atoms with E-state index in [4.69, 9.17) is 28.4 Å². The van der Waals surface area contributed by atoms with E-state index in [1.807, 2.05) is 0 Å². The summed E-state index contributed by atoms with van der Waals surface area (Å²) in [4.78, 5) is 26.4. The Morgan fingerprint density at radius 1 is 0.971 bits per heavy atom. The monoisotopic (exact) mass is 474 g/mol. The second-order valence-electron chi connectivity index (χ2n) is 7.97. The SMILES string of the molecule is CCOC(=O)[C@@H]1[C@H](c2ccc(OC)c(OC)c2)OC(=O)[C@]1(C)[C@H](O)c1ccc(OC)c(OC)c1. The lowest BCUT2D eigenvalue weighted by molar-refractivity contribution is -0.160. The summed E-state index contributed by atoms with van der Waals surface area (Å²) in [5.74, 6) is -0.797. The minimum absolute atomic E-state index is 0.102. The molecule has 4 atom stereocenters. The molecule has 1 fully saturated rings. The summed E-state index contributed by atoms with van der Waals surface area (Å²) in [7, 11) is 5.95. The van der Waals surface area contributed by atoms with Crippen LogP contribution in [0.4, 0.5) is 0 Å². The molecule has 1 heterocycles. The van der Waals surface area contributed by atoms with Crippen LogP contribution in [-0.4, -0.2) is 52.1 Å². The van der Waals surface area contributed by atoms with Gasteiger partial charge in [0.05, 0.1) is 41.2 Å². The van der Waals surface area contributed by atoms with Gasteiger partial charge in [-0.2, -0.15) is 0 Å². The third-order valence-corrected chi connectivity index (χ3v) is 6.19. The topological polar surface area (TPSA) is 110 Å². The lowest BCUT2D eigenvalue weighted by Gasteiger charge is -2.32. The molecular weight excluding hydrogens is 444 g/mol. The van der Waals surface area contributed by atoms with Crippen LogP contribution in [0, 0.1) is 11.3 Å². The van der Waals surface area contributed by atoms with Crippen molar-refractivity contribution in [2.45, 2.75) is 26.1 Å². The Hall–Kier alpha value is -3.46. The summed E-state index contributed by atoms with van der Waals surface area (Å²) in [6.07, 6.45) is -2.41. The fraction of sp³-hybridized carbons (Fsp3) is 0.440. The number of carbonyl (C=O) groups excluding carboxylic acids is 2. The van der Waals surface area contributed by atoms with Gasteiger partial charge < -0.3 is 33.5 Å². The Morgan fingerprint density at radius 2 is 1.53 bits per heavy atom. The van der Waals surface area contributed by atoms with Gasteiger partial charge in [0.15, 0.2) is 23.0 Å². The molecule has 0 unspecified atom stereocenters. The molecule has 34 heavy (non-hydrogen) atoms. The van der Waals surface area contributed by atoms with Gasteiger partial charge >= 0.3 is 11.9 Å². The first kappa shape index (κ1) is 25.2. The van der Waals surface area contributed by atoms with Crippen molar-refractivity contribution < 1.29 is 43.1 Å². The van der Waals surface area contributed by atoms with Crippen molar-refractivity contribution in [3.05, 3.63) is 47.5 Å². The van der Waals surface area contributed by atoms with Gasteiger partial charge in [0, 0.05) is 0 Å². The molecular formula is C25H30O9. The number of ether oxygens (including phenoxy) is 6. The number of carbonyl (C=O) groups is 2. The van der Waals surface area contributed by atoms with E-state index in [0.29, 0.717) is 34.1 Å². The minimum atomic E-state index is -1.65. The standard InChI is InChI=1S/C25H30O9/c1-7-33-23(27)20-21(14-8-10-16(29-3)18(12-14)31-5)34-24(28)25(20,2)22(26)15-9-11-17(30-4)19(13-15)32-6/h8-13,20-22,26H,7H2,1-6H3/t20-,21-,22+,25-/m0/s1. The van der Waals surface area contributed by atoms with Crippen LogP contribution >= 0.6 is 0 Å². The van der Waals surface area contributed by atoms with Gasteiger partial charge in [-0.05, 0) is 49.2 Å². The smallest absolute Gasteiger partial charge is 0.316 e. The highest BCUT2D eigenvalue weighted by molar-refractivity contribution is 5.90. The van der Waals surface area contributed by atoms with Gasteiger partial charge in [-0.3, -0.25) is 9.59 Å². The molecule has 1 aliphatic heterocycles. The highest BCUT2D eigenvalue weighted by atomic mass is 16.6. The number of aliphatic hydroxyl groups is 1. The molecule has 0 saturated carbocycles. The van der Waals surface area contributed by atoms with E-state index in [-0.39, 0.29) is 6.61 Å². The number of hydrogen-bond acceptors (Lipinski definition) is 9. The Kier molecular flexibility index (Phi) is 7.56. The maximum absolute atomic E-state index is 13.3. The molecule has 0 bridgehead atoms. The molecule has 3 rings (SSSR count). The summed E-state index contributed by atoms with van der Waals surface area (Å²) in [6.45, 7) is 3.27. The zero-order valence-corrected chi connectivity index (χ0v) is 20.1. The zero-order valence-electron chi connectivity index (χ0n) is 20.1. The summed E-state index contributed by atoms with van der Waals surface area (Å²) >= 11 is 0. The number of hydrogen-bond donors (Lipinski definition) is 1. The third-order valence-electron chi connectivity index (χ3n) is 6.19. The molecule has 184 valence electrons. The van der Waals surface area contributed by atoms with Crippen molar-refractivity contribution in [3.63, 3.8) is 0 Å². The molecule has 1 N–H and O–H groups in total. The maximum atomic E-state index is 13.3. The summed E-state index contributed by atoms with van der Waals surface area (Å²) in [5, 5.41) is 11.4. The highest BCUT2D eigenvalue weighted by Crippen LogP contribution is 2.55. The predicted molar refractivity (Wildman–Crippen MR) is 121 cm³/mol. The summed E-state index contributed by atoms with van der Waals surface area (Å²) < 4.78 is 32.2. The van der Waals surface area contributed by atoms with Crippen LogP contribution < -0.4 is 18.9 Å². The third kappa shape index (κ3) is 4.23. The van der Waals surface area contributed by atoms with E-state index in [2.05, 4.69) is 0 Å². The van der Waals surface area contributed by atoms with Crippen molar-refractivity contribution >= 4 is 11.9 Å². The van der Waals surface area contributed by atoms with E-state index in [1.54, 1.807) is 43.3 Å². The Bertz CT molecular complexity index is 1050. The van der Waals surface area contributed by atoms with Crippen LogP contribution in [-0.2, 0) is 19.1 Å². The van der Waals surface area contributed by atoms with Gasteiger partial charge in [0.1, 0.15) is 17.4 Å². The lowest BCUT2D eigenvalue weighted by Crippen LogP contribution is -2.41. The first-order chi connectivity index (χ1) is 16.3. The molecule has 1 aliphatic rings. The van der Waals surface area contributed by atoms with Crippen molar-refractivity contribution in [1.29, 1.82) is 0 Å². The molecule has 9 nitrogen and oxygen atoms in total. The minimum Gasteiger partial charge on any atom is -0.493 e. The largest absolute Gasteiger partial charge is 0.493 e. The van der Waals surface area contributed by atoms with Gasteiger partial charge in [-0.1, -0.05) is 12.1 Å². The molecule has 2 aromatic rings. The summed E-state index contributed by atoms with van der Waals surface area (Å²) in [6, 6.07) is 9.76. The van der Waals surface area contributed by atoms with Crippen LogP contribution in [0.25, 0.3) is 0 Å². The van der Waals surface area contributed by atoms with E-state index >= 15 is 0 Å². The van der Waals surface area contributed by atoms with E-state index < -0.39 is 35.5 Å². The number of benzene rings is 2. The van der Waals surface area contributed by atoms with Crippen LogP contribution in [0.2, 0.25) is 0 Å². The van der Waals surface area contributed by atoms with E-state index in [1.165, 1.54) is 35.4 Å². The number of aliphatic hydroxyl groups excluding tert-OH is 1. The number of esters is 2. The summed E-state index contributed by atoms with van der Waals surface area (Å²) in [5.41, 5.74) is -0.782. The number of cyclic esters (lactones) is 1. The second kappa shape index (κ2) is 10.2. The first-order valence-electron chi connectivity index (χ1n) is 10.8. The van der Waals surface area contributed by atoms with E-state index in [9.17, 15) is 14.7 Å². The number of rotatable bonds is 9. The molecule has 0 aromatic heterocycles. The Labute approximate surface area is 198 Å². The zero-order chi connectivity index (χ0) is 25.0. The Balaban J connectivity index is 2.10. The Morgan fingerprint density at radius 3 is 2.09 bits per heavy atom. The van der Waals surface area contributed by atoms with Crippen LogP contribution in [0.5, 0.6) is 23.0 Å². The normalized spacial score (nSPS) is 22.5. The second-order valence-corrected chi connectivity index (χ2v) is 7.97. The molecule has 1 saturated heterocycles. The van der Waals surface area contributed by atoms with Crippen LogP contribution in [0.3, 0.4) is 0 Å². The molecule has 0 amide bonds. The molecule has 9 heteroatoms. The molecule has 0 radical (unpaired) electrons. The van der Waals surface area contributed by atoms with E-state index in [0.717, 1.165) is 0 Å².